The van der Waals surface area contributed by atoms with Gasteiger partial charge >= 0.3 is 6.18 Å². The molecular formula is C18H18F3N3O2. The van der Waals surface area contributed by atoms with E-state index < -0.39 is 17.5 Å². The normalized spacial score (nSPS) is 25.7. The molecule has 2 aromatic rings. The molecule has 1 N–H and O–H groups in total. The molecule has 5 nitrogen and oxygen atoms in total. The molecule has 2 heterocycles. The Balaban J connectivity index is 1.59. The Hall–Kier alpha value is -2.38. The summed E-state index contributed by atoms with van der Waals surface area (Å²) in [6.07, 6.45) is -3.28. The maximum atomic E-state index is 13.6. The van der Waals surface area contributed by atoms with Crippen molar-refractivity contribution >= 4 is 16.7 Å². The van der Waals surface area contributed by atoms with Gasteiger partial charge in [-0.1, -0.05) is 24.6 Å². The number of carbonyl (C=O) groups excluding carboxylic acids is 1. The van der Waals surface area contributed by atoms with E-state index in [9.17, 15) is 22.8 Å². The Morgan fingerprint density at radius 3 is 2.73 bits per heavy atom. The van der Waals surface area contributed by atoms with Crippen LogP contribution in [0, 0.1) is 11.3 Å². The number of nitrogens with one attached hydrogen (secondary N) is 1. The fourth-order valence-electron chi connectivity index (χ4n) is 4.50. The van der Waals surface area contributed by atoms with Crippen LogP contribution >= 0.6 is 0 Å². The van der Waals surface area contributed by atoms with Crippen molar-refractivity contribution in [1.82, 2.24) is 15.1 Å². The van der Waals surface area contributed by atoms with Crippen molar-refractivity contribution in [3.63, 3.8) is 0 Å². The average Bonchev–Trinajstić information content (AvgIpc) is 3.16. The second-order valence-electron chi connectivity index (χ2n) is 7.24. The van der Waals surface area contributed by atoms with Crippen LogP contribution in [0.1, 0.15) is 25.0 Å². The third-order valence-electron chi connectivity index (χ3n) is 5.88. The Bertz CT molecular complexity index is 924. The largest absolute Gasteiger partial charge is 0.396 e. The Kier molecular flexibility index (Phi) is 3.82. The molecule has 1 aromatic heterocycles. The molecule has 2 aliphatic rings. The van der Waals surface area contributed by atoms with Crippen LogP contribution in [0.25, 0.3) is 10.8 Å². The summed E-state index contributed by atoms with van der Waals surface area (Å²) >= 11 is 0. The smallest absolute Gasteiger partial charge is 0.341 e. The van der Waals surface area contributed by atoms with Crippen molar-refractivity contribution in [3.05, 3.63) is 40.3 Å². The van der Waals surface area contributed by atoms with E-state index in [1.165, 1.54) is 4.90 Å². The van der Waals surface area contributed by atoms with Crippen molar-refractivity contribution in [3.8, 4) is 0 Å². The molecule has 8 heteroatoms. The summed E-state index contributed by atoms with van der Waals surface area (Å²) in [5, 5.41) is 7.27. The lowest BCUT2D eigenvalue weighted by Crippen LogP contribution is -2.43. The predicted molar refractivity (Wildman–Crippen MR) is 88.5 cm³/mol. The lowest BCUT2D eigenvalue weighted by Gasteiger charge is -2.31. The van der Waals surface area contributed by atoms with Gasteiger partial charge in [0.15, 0.2) is 0 Å². The van der Waals surface area contributed by atoms with Crippen molar-refractivity contribution in [2.45, 2.75) is 31.9 Å². The van der Waals surface area contributed by atoms with E-state index in [1.807, 2.05) is 0 Å². The molecule has 4 rings (SSSR count). The number of aromatic amines is 1. The zero-order valence-corrected chi connectivity index (χ0v) is 14.0. The van der Waals surface area contributed by atoms with Crippen LogP contribution in [-0.2, 0) is 11.2 Å². The number of carbonyl (C=O) groups is 1. The highest BCUT2D eigenvalue weighted by molar-refractivity contribution is 5.88. The van der Waals surface area contributed by atoms with Crippen LogP contribution in [0.15, 0.2) is 29.1 Å². The quantitative estimate of drug-likeness (QED) is 0.890. The minimum absolute atomic E-state index is 0.0881. The number of fused-ring (bicyclic) bond motifs is 2. The van der Waals surface area contributed by atoms with Gasteiger partial charge in [0.2, 0.25) is 5.91 Å². The molecule has 1 amide bonds. The monoisotopic (exact) mass is 365 g/mol. The first-order valence-electron chi connectivity index (χ1n) is 8.63. The highest BCUT2D eigenvalue weighted by atomic mass is 19.4. The SMILES string of the molecule is O=C(Cc1n[nH]c(=O)c2ccccc12)N1C[C@@H]2CCC[C@]2(C(F)(F)F)C1. The third kappa shape index (κ3) is 2.50. The molecule has 0 radical (unpaired) electrons. The molecule has 2 fully saturated rings. The van der Waals surface area contributed by atoms with E-state index >= 15 is 0 Å². The van der Waals surface area contributed by atoms with Crippen molar-refractivity contribution in [1.29, 1.82) is 0 Å². The Morgan fingerprint density at radius 2 is 2.04 bits per heavy atom. The molecule has 0 spiro atoms. The van der Waals surface area contributed by atoms with Gasteiger partial charge in [0.25, 0.3) is 5.56 Å². The van der Waals surface area contributed by atoms with Crippen molar-refractivity contribution in [2.24, 2.45) is 11.3 Å². The number of benzene rings is 1. The van der Waals surface area contributed by atoms with Gasteiger partial charge in [0.1, 0.15) is 0 Å². The van der Waals surface area contributed by atoms with Gasteiger partial charge in [-0.25, -0.2) is 5.10 Å². The van der Waals surface area contributed by atoms with Gasteiger partial charge in [-0.15, -0.1) is 0 Å². The second-order valence-corrected chi connectivity index (χ2v) is 7.24. The highest BCUT2D eigenvalue weighted by Gasteiger charge is 2.65. The van der Waals surface area contributed by atoms with Gasteiger partial charge in [0.05, 0.1) is 22.9 Å². The number of aromatic nitrogens is 2. The fourth-order valence-corrected chi connectivity index (χ4v) is 4.50. The molecule has 1 aliphatic carbocycles. The van der Waals surface area contributed by atoms with Gasteiger partial charge in [0, 0.05) is 18.5 Å². The lowest BCUT2D eigenvalue weighted by molar-refractivity contribution is -0.226. The molecule has 2 atom stereocenters. The second kappa shape index (κ2) is 5.82. The van der Waals surface area contributed by atoms with Crippen LogP contribution in [0.4, 0.5) is 13.2 Å². The van der Waals surface area contributed by atoms with E-state index in [1.54, 1.807) is 24.3 Å². The summed E-state index contributed by atoms with van der Waals surface area (Å²) in [5.74, 6) is -0.903. The zero-order chi connectivity index (χ0) is 18.5. The topological polar surface area (TPSA) is 66.1 Å². The number of nitrogens with zero attached hydrogens (tertiary/aromatic N) is 2. The van der Waals surface area contributed by atoms with Gasteiger partial charge < -0.3 is 4.90 Å². The summed E-state index contributed by atoms with van der Waals surface area (Å²) in [7, 11) is 0. The highest BCUT2D eigenvalue weighted by Crippen LogP contribution is 2.57. The third-order valence-corrected chi connectivity index (χ3v) is 5.88. The minimum atomic E-state index is -4.30. The number of hydrogen-bond donors (Lipinski definition) is 1. The molecule has 0 unspecified atom stereocenters. The van der Waals surface area contributed by atoms with E-state index in [-0.39, 0.29) is 37.4 Å². The standard InChI is InChI=1S/C18H18F3N3O2/c19-18(20,21)17-7-3-4-11(17)9-24(10-17)15(25)8-14-12-5-1-2-6-13(12)16(26)23-22-14/h1-2,5-6,11H,3-4,7-10H2,(H,23,26)/t11-,17-/m0/s1. The summed E-state index contributed by atoms with van der Waals surface area (Å²) in [6.45, 7) is -0.138. The van der Waals surface area contributed by atoms with Crippen LogP contribution < -0.4 is 5.56 Å². The molecule has 1 aliphatic heterocycles. The maximum absolute atomic E-state index is 13.6. The van der Waals surface area contributed by atoms with Crippen LogP contribution in [0.2, 0.25) is 0 Å². The Labute approximate surface area is 147 Å². The number of alkyl halides is 3. The van der Waals surface area contributed by atoms with E-state index in [4.69, 9.17) is 0 Å². The van der Waals surface area contributed by atoms with Gasteiger partial charge in [-0.3, -0.25) is 9.59 Å². The maximum Gasteiger partial charge on any atom is 0.396 e. The number of H-pyrrole nitrogens is 1. The van der Waals surface area contributed by atoms with Crippen LogP contribution in [0.5, 0.6) is 0 Å². The molecule has 138 valence electrons. The predicted octanol–water partition coefficient (Wildman–Crippen LogP) is 2.66. The summed E-state index contributed by atoms with van der Waals surface area (Å²) < 4.78 is 40.9. The van der Waals surface area contributed by atoms with Crippen molar-refractivity contribution in [2.75, 3.05) is 13.1 Å². The average molecular weight is 365 g/mol. The number of likely N-dealkylation sites (tertiary alicyclic amines) is 1. The lowest BCUT2D eigenvalue weighted by atomic mass is 9.80. The van der Waals surface area contributed by atoms with E-state index in [0.717, 1.165) is 0 Å². The van der Waals surface area contributed by atoms with E-state index in [2.05, 4.69) is 10.2 Å². The number of amides is 1. The summed E-state index contributed by atoms with van der Waals surface area (Å²) in [5.41, 5.74) is -1.74. The van der Waals surface area contributed by atoms with Crippen molar-refractivity contribution < 1.29 is 18.0 Å². The molecule has 1 saturated carbocycles. The number of rotatable bonds is 2. The molecule has 0 bridgehead atoms. The fraction of sp³-hybridized carbons (Fsp3) is 0.500. The van der Waals surface area contributed by atoms with E-state index in [0.29, 0.717) is 29.3 Å². The summed E-state index contributed by atoms with van der Waals surface area (Å²) in [4.78, 5) is 25.8. The number of hydrogen-bond acceptors (Lipinski definition) is 3. The first-order valence-corrected chi connectivity index (χ1v) is 8.63. The molecule has 26 heavy (non-hydrogen) atoms. The number of halogens is 3. The minimum Gasteiger partial charge on any atom is -0.341 e. The van der Waals surface area contributed by atoms with Crippen LogP contribution in [0.3, 0.4) is 0 Å². The molecule has 1 aromatic carbocycles. The van der Waals surface area contributed by atoms with Gasteiger partial charge in [-0.05, 0) is 24.8 Å². The van der Waals surface area contributed by atoms with Gasteiger partial charge in [-0.2, -0.15) is 18.3 Å². The molecule has 1 saturated heterocycles. The van der Waals surface area contributed by atoms with Crippen LogP contribution in [-0.4, -0.2) is 40.3 Å². The zero-order valence-electron chi connectivity index (χ0n) is 14.0. The molecular weight excluding hydrogens is 347 g/mol. The first kappa shape index (κ1) is 17.1. The summed E-state index contributed by atoms with van der Waals surface area (Å²) in [6, 6.07) is 6.76. The first-order chi connectivity index (χ1) is 12.3. The Morgan fingerprint density at radius 1 is 1.31 bits per heavy atom.